The van der Waals surface area contributed by atoms with E-state index in [1.54, 1.807) is 0 Å². The highest BCUT2D eigenvalue weighted by Crippen LogP contribution is 1.87. The fourth-order valence-electron chi connectivity index (χ4n) is 0.644. The highest BCUT2D eigenvalue weighted by atomic mass is 16.4. The third-order valence-corrected chi connectivity index (χ3v) is 1.16. The molecular formula is C6H17N3O5. The molecule has 0 aromatic carbocycles. The van der Waals surface area contributed by atoms with Crippen LogP contribution in [0.25, 0.3) is 0 Å². The molecule has 10 N–H and O–H groups in total. The summed E-state index contributed by atoms with van der Waals surface area (Å²) in [5.41, 5.74) is 0. The highest BCUT2D eigenvalue weighted by Gasteiger charge is 2.08. The van der Waals surface area contributed by atoms with E-state index in [0.717, 1.165) is 0 Å². The largest absolute Gasteiger partial charge is 0.550 e. The summed E-state index contributed by atoms with van der Waals surface area (Å²) in [5, 5.41) is 30.7. The molecule has 0 fully saturated rings. The molecule has 8 heteroatoms. The van der Waals surface area contributed by atoms with Crippen LogP contribution >= 0.6 is 0 Å². The molecule has 0 aliphatic carbocycles. The van der Waals surface area contributed by atoms with Gasteiger partial charge in [0.15, 0.2) is 0 Å². The van der Waals surface area contributed by atoms with Crippen molar-refractivity contribution in [2.45, 2.75) is 12.5 Å². The smallest absolute Gasteiger partial charge is 0.0588 e. The molecule has 0 aromatic rings. The van der Waals surface area contributed by atoms with Crippen molar-refractivity contribution in [3.63, 3.8) is 0 Å². The second-order valence-corrected chi connectivity index (χ2v) is 2.13. The number of carbonyl (C=O) groups excluding carboxylic acids is 2. The zero-order chi connectivity index (χ0) is 9.56. The number of hydrogen-bond donors (Lipinski definition) is 4. The van der Waals surface area contributed by atoms with Crippen LogP contribution in [-0.4, -0.2) is 36.2 Å². The Morgan fingerprint density at radius 1 is 1.29 bits per heavy atom. The maximum Gasteiger partial charge on any atom is 0.0588 e. The SMILES string of the molecule is O=C([O-])C[C@H](NCCO)C(=O)[O-].[NH4+].[NH4+]. The molecule has 0 unspecified atom stereocenters. The second-order valence-electron chi connectivity index (χ2n) is 2.13. The van der Waals surface area contributed by atoms with Gasteiger partial charge in [0.05, 0.1) is 18.6 Å². The molecule has 0 rings (SSSR count). The molecule has 0 saturated heterocycles. The van der Waals surface area contributed by atoms with Crippen LogP contribution in [0, 0.1) is 0 Å². The molecule has 8 nitrogen and oxygen atoms in total. The van der Waals surface area contributed by atoms with Crippen LogP contribution in [-0.2, 0) is 9.59 Å². The zero-order valence-corrected chi connectivity index (χ0v) is 8.28. The predicted molar refractivity (Wildman–Crippen MR) is 45.5 cm³/mol. The van der Waals surface area contributed by atoms with Crippen molar-refractivity contribution in [3.8, 4) is 0 Å². The summed E-state index contributed by atoms with van der Waals surface area (Å²) in [5.74, 6) is -3.00. The first kappa shape index (κ1) is 18.5. The molecule has 86 valence electrons. The van der Waals surface area contributed by atoms with Gasteiger partial charge in [-0.3, -0.25) is 0 Å². The molecule has 0 amide bonds. The van der Waals surface area contributed by atoms with Gasteiger partial charge < -0.3 is 42.5 Å². The average Bonchev–Trinajstić information content (AvgIpc) is 1.96. The number of carboxylic acid groups (broad SMARTS) is 2. The van der Waals surface area contributed by atoms with Crippen molar-refractivity contribution >= 4 is 11.9 Å². The van der Waals surface area contributed by atoms with Crippen molar-refractivity contribution in [2.75, 3.05) is 13.2 Å². The topological polar surface area (TPSA) is 186 Å². The molecule has 0 spiro atoms. The van der Waals surface area contributed by atoms with Crippen molar-refractivity contribution in [2.24, 2.45) is 0 Å². The fraction of sp³-hybridized carbons (Fsp3) is 0.667. The minimum atomic E-state index is -1.52. The number of quaternary nitrogens is 2. The zero-order valence-electron chi connectivity index (χ0n) is 8.28. The molecule has 1 atom stereocenters. The molecule has 0 aromatic heterocycles. The van der Waals surface area contributed by atoms with Gasteiger partial charge in [-0.25, -0.2) is 0 Å². The molecule has 0 radical (unpaired) electrons. The first-order chi connectivity index (χ1) is 5.57. The van der Waals surface area contributed by atoms with E-state index in [2.05, 4.69) is 5.32 Å². The summed E-state index contributed by atoms with van der Waals surface area (Å²) in [6.07, 6.45) is -0.664. The summed E-state index contributed by atoms with van der Waals surface area (Å²) >= 11 is 0. The Kier molecular flexibility index (Phi) is 13.1. The van der Waals surface area contributed by atoms with Crippen LogP contribution in [0.2, 0.25) is 0 Å². The van der Waals surface area contributed by atoms with Gasteiger partial charge in [-0.1, -0.05) is 0 Å². The monoisotopic (exact) mass is 211 g/mol. The number of aliphatic hydroxyl groups is 1. The third-order valence-electron chi connectivity index (χ3n) is 1.16. The van der Waals surface area contributed by atoms with Crippen LogP contribution in [0.5, 0.6) is 0 Å². The number of aliphatic carboxylic acids is 2. The standard InChI is InChI=1S/C6H11NO5.2H3N/c8-2-1-7-4(6(11)12)3-5(9)10;;/h4,7-8H,1-3H2,(H,9,10)(H,11,12);2*1H3/t4-;;/m0../s1. The van der Waals surface area contributed by atoms with E-state index in [1.165, 1.54) is 0 Å². The maximum absolute atomic E-state index is 10.2. The Morgan fingerprint density at radius 3 is 2.07 bits per heavy atom. The molecule has 0 aliphatic rings. The first-order valence-corrected chi connectivity index (χ1v) is 3.33. The van der Waals surface area contributed by atoms with Gasteiger partial charge in [0.25, 0.3) is 0 Å². The van der Waals surface area contributed by atoms with Crippen LogP contribution < -0.4 is 27.8 Å². The van der Waals surface area contributed by atoms with Crippen molar-refractivity contribution in [1.82, 2.24) is 17.6 Å². The average molecular weight is 211 g/mol. The molecule has 0 bridgehead atoms. The Balaban J connectivity index is -0.000000605. The van der Waals surface area contributed by atoms with E-state index in [0.29, 0.717) is 0 Å². The summed E-state index contributed by atoms with van der Waals surface area (Å²) in [7, 11) is 0. The van der Waals surface area contributed by atoms with Gasteiger partial charge in [0.1, 0.15) is 0 Å². The lowest BCUT2D eigenvalue weighted by atomic mass is 10.2. The van der Waals surface area contributed by atoms with E-state index < -0.39 is 24.4 Å². The molecule has 0 aliphatic heterocycles. The van der Waals surface area contributed by atoms with E-state index >= 15 is 0 Å². The Morgan fingerprint density at radius 2 is 1.79 bits per heavy atom. The maximum atomic E-state index is 10.2. The van der Waals surface area contributed by atoms with Crippen molar-refractivity contribution in [3.05, 3.63) is 0 Å². The van der Waals surface area contributed by atoms with Gasteiger partial charge in [-0.05, 0) is 0 Å². The van der Waals surface area contributed by atoms with Crippen molar-refractivity contribution < 1.29 is 24.9 Å². The van der Waals surface area contributed by atoms with Gasteiger partial charge in [0, 0.05) is 18.9 Å². The number of carboxylic acids is 2. The number of hydrogen-bond acceptors (Lipinski definition) is 6. The van der Waals surface area contributed by atoms with Gasteiger partial charge in [0.2, 0.25) is 0 Å². The lowest BCUT2D eigenvalue weighted by Crippen LogP contribution is -2.49. The minimum absolute atomic E-state index is 0. The number of nitrogens with one attached hydrogen (secondary N) is 1. The van der Waals surface area contributed by atoms with Gasteiger partial charge in [-0.2, -0.15) is 0 Å². The van der Waals surface area contributed by atoms with E-state index in [1.807, 2.05) is 0 Å². The summed E-state index contributed by atoms with van der Waals surface area (Å²) in [4.78, 5) is 20.2. The van der Waals surface area contributed by atoms with Gasteiger partial charge in [-0.15, -0.1) is 0 Å². The molecular weight excluding hydrogens is 194 g/mol. The Hall–Kier alpha value is -1.22. The minimum Gasteiger partial charge on any atom is -0.550 e. The van der Waals surface area contributed by atoms with E-state index in [-0.39, 0.29) is 25.5 Å². The third kappa shape index (κ3) is 8.87. The Bertz CT molecular complexity index is 175. The summed E-state index contributed by atoms with van der Waals surface area (Å²) in [6, 6.07) is -1.30. The quantitative estimate of drug-likeness (QED) is 0.354. The van der Waals surface area contributed by atoms with E-state index in [9.17, 15) is 19.8 Å². The second kappa shape index (κ2) is 9.86. The molecule has 14 heavy (non-hydrogen) atoms. The van der Waals surface area contributed by atoms with Crippen LogP contribution in [0.1, 0.15) is 6.42 Å². The van der Waals surface area contributed by atoms with Crippen LogP contribution in [0.15, 0.2) is 0 Å². The van der Waals surface area contributed by atoms with Crippen LogP contribution in [0.4, 0.5) is 0 Å². The lowest BCUT2D eigenvalue weighted by molar-refractivity contribution is -0.317. The summed E-state index contributed by atoms with van der Waals surface area (Å²) in [6.45, 7) is -0.261. The van der Waals surface area contributed by atoms with Gasteiger partial charge >= 0.3 is 0 Å². The number of carbonyl (C=O) groups is 2. The number of aliphatic hydroxyl groups excluding tert-OH is 1. The lowest BCUT2D eigenvalue weighted by Gasteiger charge is -2.19. The Labute approximate surface area is 81.1 Å². The number of rotatable bonds is 6. The normalized spacial score (nSPS) is 10.6. The highest BCUT2D eigenvalue weighted by molar-refractivity contribution is 5.78. The fourth-order valence-corrected chi connectivity index (χ4v) is 0.644. The van der Waals surface area contributed by atoms with E-state index in [4.69, 9.17) is 5.11 Å². The summed E-state index contributed by atoms with van der Waals surface area (Å²) < 4.78 is 0. The van der Waals surface area contributed by atoms with Crippen LogP contribution in [0.3, 0.4) is 0 Å². The molecule has 0 heterocycles. The van der Waals surface area contributed by atoms with Crippen molar-refractivity contribution in [1.29, 1.82) is 0 Å². The first-order valence-electron chi connectivity index (χ1n) is 3.33. The predicted octanol–water partition coefficient (Wildman–Crippen LogP) is -3.42. The molecule has 0 saturated carbocycles.